The number of amidine groups is 1. The fourth-order valence-electron chi connectivity index (χ4n) is 2.10. The summed E-state index contributed by atoms with van der Waals surface area (Å²) in [6.45, 7) is 6.14. The molecule has 0 amide bonds. The molecule has 94 valence electrons. The number of hydrogen-bond acceptors (Lipinski definition) is 3. The average molecular weight is 243 g/mol. The van der Waals surface area contributed by atoms with E-state index in [1.807, 2.05) is 26.0 Å². The van der Waals surface area contributed by atoms with Crippen LogP contribution in [-0.2, 0) is 6.42 Å². The van der Waals surface area contributed by atoms with Gasteiger partial charge in [-0.25, -0.2) is 9.67 Å². The maximum absolute atomic E-state index is 7.42. The van der Waals surface area contributed by atoms with Crippen molar-refractivity contribution in [2.45, 2.75) is 27.2 Å². The number of aromatic nitrogens is 3. The maximum Gasteiger partial charge on any atom is 0.154 e. The first-order valence-electron chi connectivity index (χ1n) is 5.91. The van der Waals surface area contributed by atoms with Crippen LogP contribution in [0.1, 0.15) is 29.6 Å². The Bertz CT molecular complexity index is 597. The summed E-state index contributed by atoms with van der Waals surface area (Å²) < 4.78 is 1.81. The van der Waals surface area contributed by atoms with Gasteiger partial charge < -0.3 is 5.73 Å². The van der Waals surface area contributed by atoms with Crippen LogP contribution >= 0.6 is 0 Å². The number of nitrogens with one attached hydrogen (secondary N) is 1. The molecule has 0 aliphatic heterocycles. The SMILES string of the molecule is CCc1c(C)nn(-c2cccc(C(=N)N)n2)c1C. The third-order valence-corrected chi connectivity index (χ3v) is 3.02. The van der Waals surface area contributed by atoms with E-state index < -0.39 is 0 Å². The van der Waals surface area contributed by atoms with Crippen LogP contribution in [0.15, 0.2) is 18.2 Å². The van der Waals surface area contributed by atoms with Crippen molar-refractivity contribution in [3.05, 3.63) is 40.8 Å². The van der Waals surface area contributed by atoms with Crippen LogP contribution in [0.25, 0.3) is 5.82 Å². The predicted molar refractivity (Wildman–Crippen MR) is 71.2 cm³/mol. The molecule has 0 atom stereocenters. The number of pyridine rings is 1. The number of rotatable bonds is 3. The number of aryl methyl sites for hydroxylation is 1. The molecule has 2 rings (SSSR count). The Hall–Kier alpha value is -2.17. The van der Waals surface area contributed by atoms with Crippen molar-refractivity contribution in [3.63, 3.8) is 0 Å². The van der Waals surface area contributed by atoms with Crippen molar-refractivity contribution >= 4 is 5.84 Å². The summed E-state index contributed by atoms with van der Waals surface area (Å²) in [6.07, 6.45) is 0.948. The highest BCUT2D eigenvalue weighted by atomic mass is 15.3. The number of nitrogens with two attached hydrogens (primary N) is 1. The molecule has 0 aromatic carbocycles. The summed E-state index contributed by atoms with van der Waals surface area (Å²) in [4.78, 5) is 4.34. The normalized spacial score (nSPS) is 10.6. The quantitative estimate of drug-likeness (QED) is 0.636. The minimum Gasteiger partial charge on any atom is -0.382 e. The van der Waals surface area contributed by atoms with Crippen molar-refractivity contribution in [2.75, 3.05) is 0 Å². The van der Waals surface area contributed by atoms with E-state index in [9.17, 15) is 0 Å². The van der Waals surface area contributed by atoms with Crippen LogP contribution in [0.3, 0.4) is 0 Å². The van der Waals surface area contributed by atoms with E-state index in [2.05, 4.69) is 17.0 Å². The Kier molecular flexibility index (Phi) is 3.14. The standard InChI is InChI=1S/C13H17N5/c1-4-10-8(2)17-18(9(10)3)12-7-5-6-11(16-12)13(14)15/h5-7H,4H2,1-3H3,(H3,14,15). The molecule has 5 heteroatoms. The van der Waals surface area contributed by atoms with E-state index in [1.165, 1.54) is 5.56 Å². The first-order chi connectivity index (χ1) is 8.54. The second-order valence-corrected chi connectivity index (χ2v) is 4.21. The van der Waals surface area contributed by atoms with Gasteiger partial charge in [0.05, 0.1) is 5.69 Å². The molecule has 0 aliphatic rings. The Balaban J connectivity index is 2.55. The van der Waals surface area contributed by atoms with Crippen molar-refractivity contribution in [3.8, 4) is 5.82 Å². The summed E-state index contributed by atoms with van der Waals surface area (Å²) in [7, 11) is 0. The lowest BCUT2D eigenvalue weighted by molar-refractivity contribution is 0.803. The molecule has 2 aromatic rings. The van der Waals surface area contributed by atoms with E-state index in [1.54, 1.807) is 10.7 Å². The number of nitrogen functional groups attached to an aromatic ring is 1. The fourth-order valence-corrected chi connectivity index (χ4v) is 2.10. The lowest BCUT2D eigenvalue weighted by Crippen LogP contribution is -2.14. The largest absolute Gasteiger partial charge is 0.382 e. The lowest BCUT2D eigenvalue weighted by atomic mass is 10.1. The van der Waals surface area contributed by atoms with Gasteiger partial charge in [0.2, 0.25) is 0 Å². The third-order valence-electron chi connectivity index (χ3n) is 3.02. The zero-order valence-electron chi connectivity index (χ0n) is 10.9. The van der Waals surface area contributed by atoms with E-state index in [4.69, 9.17) is 11.1 Å². The number of hydrogen-bond donors (Lipinski definition) is 2. The van der Waals surface area contributed by atoms with Gasteiger partial charge in [0.1, 0.15) is 11.5 Å². The molecule has 0 bridgehead atoms. The molecule has 0 spiro atoms. The third kappa shape index (κ3) is 1.99. The topological polar surface area (TPSA) is 80.6 Å². The van der Waals surface area contributed by atoms with Gasteiger partial charge in [-0.2, -0.15) is 5.10 Å². The smallest absolute Gasteiger partial charge is 0.154 e. The number of nitrogens with zero attached hydrogens (tertiary/aromatic N) is 3. The summed E-state index contributed by atoms with van der Waals surface area (Å²) in [6, 6.07) is 5.42. The van der Waals surface area contributed by atoms with Crippen molar-refractivity contribution in [1.29, 1.82) is 5.41 Å². The summed E-state index contributed by atoms with van der Waals surface area (Å²) in [5.74, 6) is 0.664. The second-order valence-electron chi connectivity index (χ2n) is 4.21. The van der Waals surface area contributed by atoms with Crippen LogP contribution in [0.5, 0.6) is 0 Å². The highest BCUT2D eigenvalue weighted by molar-refractivity contribution is 5.93. The molecule has 2 aromatic heterocycles. The van der Waals surface area contributed by atoms with Crippen LogP contribution < -0.4 is 5.73 Å². The molecule has 0 saturated heterocycles. The summed E-state index contributed by atoms with van der Waals surface area (Å²) in [5.41, 5.74) is 9.27. The molecule has 0 unspecified atom stereocenters. The van der Waals surface area contributed by atoms with Gasteiger partial charge in [0.15, 0.2) is 5.82 Å². The van der Waals surface area contributed by atoms with Gasteiger partial charge in [-0.3, -0.25) is 5.41 Å². The van der Waals surface area contributed by atoms with Crippen LogP contribution in [-0.4, -0.2) is 20.6 Å². The van der Waals surface area contributed by atoms with Crippen LogP contribution in [0, 0.1) is 19.3 Å². The predicted octanol–water partition coefficient (Wildman–Crippen LogP) is 1.73. The summed E-state index contributed by atoms with van der Waals surface area (Å²) >= 11 is 0. The van der Waals surface area contributed by atoms with Crippen molar-refractivity contribution in [1.82, 2.24) is 14.8 Å². The Morgan fingerprint density at radius 1 is 1.39 bits per heavy atom. The molecule has 0 fully saturated rings. The van der Waals surface area contributed by atoms with Crippen LogP contribution in [0.2, 0.25) is 0 Å². The first kappa shape index (κ1) is 12.3. The molecule has 3 N–H and O–H groups in total. The van der Waals surface area contributed by atoms with E-state index in [0.717, 1.165) is 17.8 Å². The van der Waals surface area contributed by atoms with Crippen molar-refractivity contribution in [2.24, 2.45) is 5.73 Å². The monoisotopic (exact) mass is 243 g/mol. The Morgan fingerprint density at radius 2 is 2.11 bits per heavy atom. The molecular weight excluding hydrogens is 226 g/mol. The first-order valence-corrected chi connectivity index (χ1v) is 5.91. The van der Waals surface area contributed by atoms with Gasteiger partial charge in [0, 0.05) is 5.69 Å². The van der Waals surface area contributed by atoms with Gasteiger partial charge in [0.25, 0.3) is 0 Å². The lowest BCUT2D eigenvalue weighted by Gasteiger charge is -2.05. The van der Waals surface area contributed by atoms with Gasteiger partial charge in [-0.15, -0.1) is 0 Å². The molecule has 0 aliphatic carbocycles. The van der Waals surface area contributed by atoms with Crippen molar-refractivity contribution < 1.29 is 0 Å². The Labute approximate surface area is 106 Å². The van der Waals surface area contributed by atoms with Crippen LogP contribution in [0.4, 0.5) is 0 Å². The molecule has 0 saturated carbocycles. The minimum absolute atomic E-state index is 0.0332. The fraction of sp³-hybridized carbons (Fsp3) is 0.308. The van der Waals surface area contributed by atoms with E-state index in [-0.39, 0.29) is 5.84 Å². The summed E-state index contributed by atoms with van der Waals surface area (Å²) in [5, 5.41) is 11.9. The molecule has 5 nitrogen and oxygen atoms in total. The Morgan fingerprint density at radius 3 is 2.67 bits per heavy atom. The second kappa shape index (κ2) is 4.60. The molecule has 18 heavy (non-hydrogen) atoms. The van der Waals surface area contributed by atoms with E-state index in [0.29, 0.717) is 11.5 Å². The molecular formula is C13H17N5. The minimum atomic E-state index is -0.0332. The van der Waals surface area contributed by atoms with E-state index >= 15 is 0 Å². The zero-order chi connectivity index (χ0) is 13.3. The van der Waals surface area contributed by atoms with Gasteiger partial charge >= 0.3 is 0 Å². The highest BCUT2D eigenvalue weighted by Crippen LogP contribution is 2.17. The zero-order valence-corrected chi connectivity index (χ0v) is 10.9. The van der Waals surface area contributed by atoms with Gasteiger partial charge in [-0.05, 0) is 38.0 Å². The maximum atomic E-state index is 7.42. The molecule has 0 radical (unpaired) electrons. The highest BCUT2D eigenvalue weighted by Gasteiger charge is 2.12. The van der Waals surface area contributed by atoms with Gasteiger partial charge in [-0.1, -0.05) is 13.0 Å². The average Bonchev–Trinajstić information content (AvgIpc) is 2.64. The molecule has 2 heterocycles.